The molecule has 0 aliphatic rings. The second-order valence-corrected chi connectivity index (χ2v) is 1.66. The summed E-state index contributed by atoms with van der Waals surface area (Å²) in [6, 6.07) is 0. The molecule has 3 heteroatoms. The third-order valence-electron chi connectivity index (χ3n) is 0.596. The molecule has 53 valence electrons. The van der Waals surface area contributed by atoms with Crippen LogP contribution in [0.25, 0.3) is 0 Å². The predicted octanol–water partition coefficient (Wildman–Crippen LogP) is 0.401. The molecule has 0 saturated heterocycles. The SMILES string of the molecule is CC(C)C(O)O.[CH3-].[Co+2]. The summed E-state index contributed by atoms with van der Waals surface area (Å²) in [4.78, 5) is 0. The van der Waals surface area contributed by atoms with Crippen LogP contribution in [0.5, 0.6) is 0 Å². The van der Waals surface area contributed by atoms with Crippen LogP contribution in [0, 0.1) is 13.3 Å². The van der Waals surface area contributed by atoms with Gasteiger partial charge in [0.2, 0.25) is 0 Å². The molecule has 0 aromatic rings. The number of aliphatic hydroxyl groups is 2. The zero-order valence-electron chi connectivity index (χ0n) is 5.38. The van der Waals surface area contributed by atoms with E-state index in [4.69, 9.17) is 10.2 Å². The minimum Gasteiger partial charge on any atom is -0.368 e. The molecule has 0 rings (SSSR count). The fraction of sp³-hybridized carbons (Fsp3) is 0.800. The van der Waals surface area contributed by atoms with Gasteiger partial charge >= 0.3 is 16.8 Å². The van der Waals surface area contributed by atoms with E-state index < -0.39 is 6.29 Å². The van der Waals surface area contributed by atoms with Crippen LogP contribution in [0.2, 0.25) is 0 Å². The normalized spacial score (nSPS) is 8.25. The Labute approximate surface area is 61.1 Å². The van der Waals surface area contributed by atoms with Gasteiger partial charge in [-0.2, -0.15) is 0 Å². The van der Waals surface area contributed by atoms with Crippen LogP contribution < -0.4 is 0 Å². The van der Waals surface area contributed by atoms with Crippen molar-refractivity contribution in [3.05, 3.63) is 7.43 Å². The van der Waals surface area contributed by atoms with Crippen LogP contribution in [0.1, 0.15) is 13.8 Å². The van der Waals surface area contributed by atoms with Crippen LogP contribution in [-0.4, -0.2) is 16.5 Å². The average molecular weight is 164 g/mol. The van der Waals surface area contributed by atoms with Crippen LogP contribution >= 0.6 is 0 Å². The molecule has 0 bridgehead atoms. The smallest absolute Gasteiger partial charge is 0.368 e. The maximum absolute atomic E-state index is 8.19. The van der Waals surface area contributed by atoms with Crippen molar-refractivity contribution in [3.8, 4) is 0 Å². The molecule has 0 amide bonds. The zero-order chi connectivity index (χ0) is 5.15. The Balaban J connectivity index is -0.000000125. The van der Waals surface area contributed by atoms with Gasteiger partial charge in [0.05, 0.1) is 0 Å². The Morgan fingerprint density at radius 1 is 1.12 bits per heavy atom. The molecule has 0 atom stereocenters. The summed E-state index contributed by atoms with van der Waals surface area (Å²) in [5.74, 6) is -0.0370. The largest absolute Gasteiger partial charge is 2.00 e. The maximum atomic E-state index is 8.19. The van der Waals surface area contributed by atoms with E-state index in [9.17, 15) is 0 Å². The summed E-state index contributed by atoms with van der Waals surface area (Å²) in [6.45, 7) is 3.48. The second-order valence-electron chi connectivity index (χ2n) is 1.66. The molecule has 2 nitrogen and oxygen atoms in total. The van der Waals surface area contributed by atoms with E-state index >= 15 is 0 Å². The van der Waals surface area contributed by atoms with Gasteiger partial charge in [0.25, 0.3) is 0 Å². The Kier molecular flexibility index (Phi) is 14.7. The van der Waals surface area contributed by atoms with E-state index in [1.54, 1.807) is 13.8 Å². The van der Waals surface area contributed by atoms with Gasteiger partial charge in [-0.3, -0.25) is 0 Å². The average Bonchev–Trinajstić information content (AvgIpc) is 1.36. The first-order valence-corrected chi connectivity index (χ1v) is 2.00. The van der Waals surface area contributed by atoms with E-state index in [-0.39, 0.29) is 30.1 Å². The van der Waals surface area contributed by atoms with Crippen molar-refractivity contribution in [2.75, 3.05) is 0 Å². The third-order valence-corrected chi connectivity index (χ3v) is 0.596. The van der Waals surface area contributed by atoms with Crippen LogP contribution in [0.3, 0.4) is 0 Å². The summed E-state index contributed by atoms with van der Waals surface area (Å²) >= 11 is 0. The molecule has 8 heavy (non-hydrogen) atoms. The number of aliphatic hydroxyl groups excluding tert-OH is 1. The van der Waals surface area contributed by atoms with Gasteiger partial charge in [-0.05, 0) is 0 Å². The Bertz CT molecular complexity index is 31.4. The molecule has 0 unspecified atom stereocenters. The fourth-order valence-electron chi connectivity index (χ4n) is 0. The minimum atomic E-state index is -1.15. The maximum Gasteiger partial charge on any atom is 2.00 e. The predicted molar refractivity (Wildman–Crippen MR) is 29.5 cm³/mol. The molecule has 0 saturated carbocycles. The molecular formula is C5H13CoO2+. The number of hydrogen-bond acceptors (Lipinski definition) is 2. The van der Waals surface area contributed by atoms with Crippen LogP contribution in [0.15, 0.2) is 0 Å². The van der Waals surface area contributed by atoms with Crippen molar-refractivity contribution in [1.29, 1.82) is 0 Å². The van der Waals surface area contributed by atoms with Gasteiger partial charge in [0.1, 0.15) is 0 Å². The van der Waals surface area contributed by atoms with E-state index in [2.05, 4.69) is 0 Å². The molecule has 0 aromatic heterocycles. The van der Waals surface area contributed by atoms with Crippen molar-refractivity contribution in [2.45, 2.75) is 20.1 Å². The van der Waals surface area contributed by atoms with Gasteiger partial charge < -0.3 is 17.6 Å². The third kappa shape index (κ3) is 9.66. The van der Waals surface area contributed by atoms with Crippen molar-refractivity contribution in [3.63, 3.8) is 0 Å². The number of hydrogen-bond donors (Lipinski definition) is 2. The van der Waals surface area contributed by atoms with Gasteiger partial charge in [0.15, 0.2) is 6.29 Å². The van der Waals surface area contributed by atoms with E-state index in [0.29, 0.717) is 0 Å². The standard InChI is InChI=1S/C4H10O2.CH3.Co/c1-3(2)4(5)6;;/h3-6H,1-2H3;1H3;/q;-1;+2. The first-order valence-electron chi connectivity index (χ1n) is 2.00. The summed E-state index contributed by atoms with van der Waals surface area (Å²) in [5, 5.41) is 16.4. The van der Waals surface area contributed by atoms with E-state index in [1.165, 1.54) is 0 Å². The zero-order valence-corrected chi connectivity index (χ0v) is 6.42. The van der Waals surface area contributed by atoms with Gasteiger partial charge in [0, 0.05) is 5.92 Å². The van der Waals surface area contributed by atoms with Crippen LogP contribution in [-0.2, 0) is 16.8 Å². The Hall–Kier alpha value is 0.426. The molecule has 0 aromatic carbocycles. The molecule has 1 radical (unpaired) electrons. The van der Waals surface area contributed by atoms with E-state index in [1.807, 2.05) is 0 Å². The van der Waals surface area contributed by atoms with E-state index in [0.717, 1.165) is 0 Å². The minimum absolute atomic E-state index is 0. The van der Waals surface area contributed by atoms with Crippen molar-refractivity contribution >= 4 is 0 Å². The van der Waals surface area contributed by atoms with Gasteiger partial charge in [-0.1, -0.05) is 13.8 Å². The summed E-state index contributed by atoms with van der Waals surface area (Å²) < 4.78 is 0. The second kappa shape index (κ2) is 7.43. The van der Waals surface area contributed by atoms with Crippen molar-refractivity contribution < 1.29 is 27.0 Å². The molecule has 0 fully saturated rings. The molecule has 0 heterocycles. The van der Waals surface area contributed by atoms with Crippen molar-refractivity contribution in [1.82, 2.24) is 0 Å². The first kappa shape index (κ1) is 15.8. The fourth-order valence-corrected chi connectivity index (χ4v) is 0. The molecule has 0 aliphatic heterocycles. The first-order chi connectivity index (χ1) is 2.64. The van der Waals surface area contributed by atoms with Gasteiger partial charge in [-0.25, -0.2) is 0 Å². The Morgan fingerprint density at radius 3 is 1.25 bits per heavy atom. The number of rotatable bonds is 1. The molecular weight excluding hydrogens is 151 g/mol. The van der Waals surface area contributed by atoms with Gasteiger partial charge in [-0.15, -0.1) is 0 Å². The summed E-state index contributed by atoms with van der Waals surface area (Å²) in [6.07, 6.45) is -1.15. The molecule has 0 spiro atoms. The summed E-state index contributed by atoms with van der Waals surface area (Å²) in [7, 11) is 0. The van der Waals surface area contributed by atoms with Crippen molar-refractivity contribution in [2.24, 2.45) is 5.92 Å². The molecule has 2 N–H and O–H groups in total. The molecule has 0 aliphatic carbocycles. The monoisotopic (exact) mass is 164 g/mol. The Morgan fingerprint density at radius 2 is 1.25 bits per heavy atom. The summed E-state index contributed by atoms with van der Waals surface area (Å²) in [5.41, 5.74) is 0. The topological polar surface area (TPSA) is 40.5 Å². The van der Waals surface area contributed by atoms with Crippen LogP contribution in [0.4, 0.5) is 0 Å². The quantitative estimate of drug-likeness (QED) is 0.435.